The molecule has 0 bridgehead atoms. The Balaban J connectivity index is 1.50. The Bertz CT molecular complexity index is 1970. The van der Waals surface area contributed by atoms with Gasteiger partial charge in [-0.2, -0.15) is 0 Å². The minimum atomic E-state index is 0.388. The lowest BCUT2D eigenvalue weighted by Crippen LogP contribution is -2.15. The summed E-state index contributed by atoms with van der Waals surface area (Å²) in [6, 6.07) is 23.5. The van der Waals surface area contributed by atoms with Crippen LogP contribution in [0.1, 0.15) is 22.8 Å². The largest absolute Gasteiger partial charge is 0.350 e. The molecule has 0 fully saturated rings. The number of aromatic nitrogens is 6. The highest BCUT2D eigenvalue weighted by Crippen LogP contribution is 2.43. The molecule has 0 atom stereocenters. The van der Waals surface area contributed by atoms with Gasteiger partial charge in [0, 0.05) is 16.1 Å². The second-order valence-corrected chi connectivity index (χ2v) is 10.6. The molecule has 0 aliphatic rings. The van der Waals surface area contributed by atoms with E-state index in [1.807, 2.05) is 99.3 Å². The fourth-order valence-corrected chi connectivity index (χ4v) is 5.10. The molecule has 0 saturated carbocycles. The lowest BCUT2D eigenvalue weighted by Gasteiger charge is -2.23. The van der Waals surface area contributed by atoms with E-state index in [9.17, 15) is 0 Å². The van der Waals surface area contributed by atoms with Crippen LogP contribution in [-0.4, -0.2) is 30.2 Å². The molecule has 7 aromatic rings. The summed E-state index contributed by atoms with van der Waals surface area (Å²) in [5, 5.41) is 9.37. The zero-order valence-electron chi connectivity index (χ0n) is 23.3. The molecule has 0 aliphatic carbocycles. The van der Waals surface area contributed by atoms with Gasteiger partial charge in [-0.1, -0.05) is 87.6 Å². The van der Waals surface area contributed by atoms with Gasteiger partial charge in [0.15, 0.2) is 11.6 Å². The highest BCUT2D eigenvalue weighted by atomic mass is 35.5. The monoisotopic (exact) mass is 573 g/mol. The average Bonchev–Trinajstić information content (AvgIpc) is 3.59. The van der Waals surface area contributed by atoms with E-state index in [4.69, 9.17) is 40.6 Å². The van der Waals surface area contributed by atoms with Gasteiger partial charge < -0.3 is 9.05 Å². The number of rotatable bonds is 5. The summed E-state index contributed by atoms with van der Waals surface area (Å²) < 4.78 is 11.9. The molecule has 0 amide bonds. The standard InChI is InChI=1S/C32H24ClN7O2/c1-17-8-12-21(13-9-17)25-27-29(41-38-25)31(36-19(3)34-27)40(24-7-5-6-23(33)16-24)32-30-28(35-20(4)37-32)26(39-42-30)22-14-10-18(2)11-15-22/h5-16H,1-4H3. The summed E-state index contributed by atoms with van der Waals surface area (Å²) in [5.74, 6) is 1.92. The smallest absolute Gasteiger partial charge is 0.229 e. The van der Waals surface area contributed by atoms with Crippen LogP contribution >= 0.6 is 11.6 Å². The minimum absolute atomic E-state index is 0.388. The van der Waals surface area contributed by atoms with Crippen molar-refractivity contribution in [2.45, 2.75) is 27.7 Å². The summed E-state index contributed by atoms with van der Waals surface area (Å²) in [6.07, 6.45) is 0. The molecule has 42 heavy (non-hydrogen) atoms. The Kier molecular flexibility index (Phi) is 6.17. The number of benzene rings is 3. The van der Waals surface area contributed by atoms with Gasteiger partial charge in [0.2, 0.25) is 11.2 Å². The molecule has 10 heteroatoms. The van der Waals surface area contributed by atoms with Gasteiger partial charge in [0.1, 0.15) is 34.1 Å². The summed E-state index contributed by atoms with van der Waals surface area (Å²) in [4.78, 5) is 20.9. The van der Waals surface area contributed by atoms with Gasteiger partial charge in [-0.3, -0.25) is 4.90 Å². The molecule has 0 N–H and O–H groups in total. The molecule has 0 radical (unpaired) electrons. The van der Waals surface area contributed by atoms with E-state index in [1.165, 1.54) is 0 Å². The first kappa shape index (κ1) is 25.8. The number of hydrogen-bond donors (Lipinski definition) is 0. The second-order valence-electron chi connectivity index (χ2n) is 10.2. The number of hydrogen-bond acceptors (Lipinski definition) is 9. The molecule has 0 aliphatic heterocycles. The van der Waals surface area contributed by atoms with Crippen LogP contribution in [0.4, 0.5) is 17.3 Å². The molecule has 4 aromatic heterocycles. The number of fused-ring (bicyclic) bond motifs is 2. The predicted molar refractivity (Wildman–Crippen MR) is 162 cm³/mol. The Hall–Kier alpha value is -5.15. The maximum absolute atomic E-state index is 6.49. The first-order chi connectivity index (χ1) is 20.4. The zero-order chi connectivity index (χ0) is 29.0. The number of anilines is 3. The van der Waals surface area contributed by atoms with Gasteiger partial charge >= 0.3 is 0 Å². The maximum atomic E-state index is 6.49. The highest BCUT2D eigenvalue weighted by molar-refractivity contribution is 6.31. The fraction of sp³-hybridized carbons (Fsp3) is 0.125. The summed E-state index contributed by atoms with van der Waals surface area (Å²) in [6.45, 7) is 7.73. The van der Waals surface area contributed by atoms with Gasteiger partial charge in [0.25, 0.3) is 0 Å². The van der Waals surface area contributed by atoms with E-state index in [0.29, 0.717) is 67.6 Å². The van der Waals surface area contributed by atoms with Crippen LogP contribution in [-0.2, 0) is 0 Å². The van der Waals surface area contributed by atoms with Crippen LogP contribution in [0.5, 0.6) is 0 Å². The Morgan fingerprint density at radius 1 is 0.595 bits per heavy atom. The third-order valence-electron chi connectivity index (χ3n) is 6.96. The number of halogens is 1. The number of nitrogens with zero attached hydrogens (tertiary/aromatic N) is 7. The van der Waals surface area contributed by atoms with Crippen molar-refractivity contribution < 1.29 is 9.05 Å². The van der Waals surface area contributed by atoms with Crippen molar-refractivity contribution in [2.24, 2.45) is 0 Å². The van der Waals surface area contributed by atoms with Crippen LogP contribution in [0.15, 0.2) is 81.8 Å². The number of aryl methyl sites for hydroxylation is 4. The Labute approximate surface area is 245 Å². The average molecular weight is 574 g/mol. The van der Waals surface area contributed by atoms with Gasteiger partial charge in [-0.05, 0) is 45.9 Å². The fourth-order valence-electron chi connectivity index (χ4n) is 4.92. The molecule has 0 saturated heterocycles. The van der Waals surface area contributed by atoms with Crippen LogP contribution in [0.25, 0.3) is 44.7 Å². The van der Waals surface area contributed by atoms with E-state index in [2.05, 4.69) is 10.3 Å². The molecule has 7 rings (SSSR count). The molecular formula is C32H24ClN7O2. The quantitative estimate of drug-likeness (QED) is 0.201. The molecular weight excluding hydrogens is 550 g/mol. The summed E-state index contributed by atoms with van der Waals surface area (Å²) >= 11 is 6.49. The molecule has 0 unspecified atom stereocenters. The van der Waals surface area contributed by atoms with E-state index in [0.717, 1.165) is 22.3 Å². The van der Waals surface area contributed by atoms with Crippen molar-refractivity contribution in [1.29, 1.82) is 0 Å². The van der Waals surface area contributed by atoms with Crippen molar-refractivity contribution in [1.82, 2.24) is 30.2 Å². The normalized spacial score (nSPS) is 11.5. The third kappa shape index (κ3) is 4.44. The first-order valence-electron chi connectivity index (χ1n) is 13.3. The Morgan fingerprint density at radius 3 is 1.52 bits per heavy atom. The first-order valence-corrected chi connectivity index (χ1v) is 13.7. The molecule has 206 valence electrons. The van der Waals surface area contributed by atoms with Crippen molar-refractivity contribution in [3.05, 3.63) is 101 Å². The van der Waals surface area contributed by atoms with E-state index < -0.39 is 0 Å². The summed E-state index contributed by atoms with van der Waals surface area (Å²) in [5.41, 5.74) is 7.91. The minimum Gasteiger partial charge on any atom is -0.350 e. The third-order valence-corrected chi connectivity index (χ3v) is 7.20. The molecule has 3 aromatic carbocycles. The van der Waals surface area contributed by atoms with Crippen LogP contribution < -0.4 is 4.90 Å². The second kappa shape index (κ2) is 10.0. The van der Waals surface area contributed by atoms with Crippen LogP contribution in [0.3, 0.4) is 0 Å². The lowest BCUT2D eigenvalue weighted by molar-refractivity contribution is 0.457. The van der Waals surface area contributed by atoms with Crippen molar-refractivity contribution >= 4 is 51.1 Å². The van der Waals surface area contributed by atoms with Crippen molar-refractivity contribution in [3.63, 3.8) is 0 Å². The zero-order valence-corrected chi connectivity index (χ0v) is 24.0. The topological polar surface area (TPSA) is 107 Å². The molecule has 9 nitrogen and oxygen atoms in total. The molecule has 0 spiro atoms. The predicted octanol–water partition coefficient (Wildman–Crippen LogP) is 8.24. The summed E-state index contributed by atoms with van der Waals surface area (Å²) in [7, 11) is 0. The SMILES string of the molecule is Cc1ccc(-c2noc3c(N(c4cccc(Cl)c4)c4nc(C)nc5c(-c6ccc(C)cc6)noc45)nc(C)nc23)cc1. The van der Waals surface area contributed by atoms with Crippen molar-refractivity contribution in [3.8, 4) is 22.5 Å². The van der Waals surface area contributed by atoms with Crippen LogP contribution in [0.2, 0.25) is 5.02 Å². The molecule has 4 heterocycles. The van der Waals surface area contributed by atoms with Gasteiger partial charge in [-0.25, -0.2) is 19.9 Å². The van der Waals surface area contributed by atoms with Gasteiger partial charge in [-0.15, -0.1) is 0 Å². The van der Waals surface area contributed by atoms with E-state index in [-0.39, 0.29) is 0 Å². The van der Waals surface area contributed by atoms with E-state index in [1.54, 1.807) is 6.07 Å². The van der Waals surface area contributed by atoms with E-state index >= 15 is 0 Å². The van der Waals surface area contributed by atoms with Crippen molar-refractivity contribution in [2.75, 3.05) is 4.90 Å². The Morgan fingerprint density at radius 2 is 1.07 bits per heavy atom. The van der Waals surface area contributed by atoms with Gasteiger partial charge in [0.05, 0.1) is 5.69 Å². The maximum Gasteiger partial charge on any atom is 0.229 e. The highest BCUT2D eigenvalue weighted by Gasteiger charge is 2.29. The van der Waals surface area contributed by atoms with Crippen LogP contribution in [0, 0.1) is 27.7 Å². The lowest BCUT2D eigenvalue weighted by atomic mass is 10.1.